The summed E-state index contributed by atoms with van der Waals surface area (Å²) in [6.45, 7) is 0. The zero-order valence-corrected chi connectivity index (χ0v) is 11.2. The van der Waals surface area contributed by atoms with Crippen LogP contribution in [0, 0.1) is 29.3 Å². The van der Waals surface area contributed by atoms with Crippen molar-refractivity contribution in [3.8, 4) is 22.3 Å². The minimum atomic E-state index is -1.05. The minimum Gasteiger partial charge on any atom is -0.204 e. The zero-order chi connectivity index (χ0) is 15.7. The van der Waals surface area contributed by atoms with Crippen LogP contribution >= 0.6 is 0 Å². The van der Waals surface area contributed by atoms with Gasteiger partial charge in [0.1, 0.15) is 0 Å². The summed E-state index contributed by atoms with van der Waals surface area (Å²) in [4.78, 5) is 0. The molecule has 3 aromatic carbocycles. The van der Waals surface area contributed by atoms with Gasteiger partial charge in [0.05, 0.1) is 0 Å². The van der Waals surface area contributed by atoms with Gasteiger partial charge in [-0.05, 0) is 23.8 Å². The molecular weight excluding hydrogens is 292 g/mol. The van der Waals surface area contributed by atoms with Crippen LogP contribution in [0.25, 0.3) is 22.3 Å². The number of halogens is 4. The number of benzene rings is 3. The topological polar surface area (TPSA) is 0 Å². The second-order valence-electron chi connectivity index (χ2n) is 4.66. The van der Waals surface area contributed by atoms with Crippen molar-refractivity contribution in [3.05, 3.63) is 83.9 Å². The Hall–Kier alpha value is -2.62. The second kappa shape index (κ2) is 5.64. The fraction of sp³-hybridized carbons (Fsp3) is 0. The van der Waals surface area contributed by atoms with Crippen molar-refractivity contribution in [2.24, 2.45) is 0 Å². The average molecular weight is 301 g/mol. The quantitative estimate of drug-likeness (QED) is 0.558. The summed E-state index contributed by atoms with van der Waals surface area (Å²) in [7, 11) is 0. The van der Waals surface area contributed by atoms with Gasteiger partial charge in [0, 0.05) is 16.7 Å². The molecule has 0 aliphatic heterocycles. The van der Waals surface area contributed by atoms with Gasteiger partial charge >= 0.3 is 0 Å². The SMILES string of the molecule is Fc1cccc(-c2[c]cccc2-c2cccc(F)c2F)c1F. The molecule has 22 heavy (non-hydrogen) atoms. The summed E-state index contributed by atoms with van der Waals surface area (Å²) in [5.41, 5.74) is 0.322. The lowest BCUT2D eigenvalue weighted by molar-refractivity contribution is 0.510. The van der Waals surface area contributed by atoms with Gasteiger partial charge < -0.3 is 0 Å². The van der Waals surface area contributed by atoms with Crippen LogP contribution in [0.3, 0.4) is 0 Å². The van der Waals surface area contributed by atoms with E-state index in [0.717, 1.165) is 12.1 Å². The van der Waals surface area contributed by atoms with Crippen molar-refractivity contribution >= 4 is 0 Å². The molecule has 0 aromatic heterocycles. The van der Waals surface area contributed by atoms with E-state index < -0.39 is 23.3 Å². The van der Waals surface area contributed by atoms with Crippen molar-refractivity contribution in [2.75, 3.05) is 0 Å². The Kier molecular flexibility index (Phi) is 3.67. The molecule has 0 fully saturated rings. The molecule has 0 aliphatic rings. The van der Waals surface area contributed by atoms with E-state index in [1.54, 1.807) is 6.07 Å². The van der Waals surface area contributed by atoms with E-state index in [2.05, 4.69) is 6.07 Å². The summed E-state index contributed by atoms with van der Waals surface area (Å²) in [5.74, 6) is -4.12. The van der Waals surface area contributed by atoms with Crippen LogP contribution in [0.2, 0.25) is 0 Å². The first-order valence-corrected chi connectivity index (χ1v) is 6.49. The first-order valence-electron chi connectivity index (χ1n) is 6.49. The highest BCUT2D eigenvalue weighted by Gasteiger charge is 2.17. The van der Waals surface area contributed by atoms with E-state index >= 15 is 0 Å². The molecule has 4 heteroatoms. The molecule has 3 rings (SSSR count). The normalized spacial score (nSPS) is 10.7. The average Bonchev–Trinajstić information content (AvgIpc) is 2.53. The van der Waals surface area contributed by atoms with Crippen molar-refractivity contribution in [1.82, 2.24) is 0 Å². The van der Waals surface area contributed by atoms with Gasteiger partial charge in [-0.2, -0.15) is 0 Å². The Morgan fingerprint density at radius 1 is 0.591 bits per heavy atom. The first-order chi connectivity index (χ1) is 10.6. The Bertz CT molecular complexity index is 770. The smallest absolute Gasteiger partial charge is 0.166 e. The molecule has 109 valence electrons. The van der Waals surface area contributed by atoms with Gasteiger partial charge in [0.15, 0.2) is 23.3 Å². The fourth-order valence-electron chi connectivity index (χ4n) is 2.29. The zero-order valence-electron chi connectivity index (χ0n) is 11.2. The molecule has 0 spiro atoms. The van der Waals surface area contributed by atoms with E-state index in [0.29, 0.717) is 0 Å². The number of hydrogen-bond acceptors (Lipinski definition) is 0. The molecular formula is C18H9F4. The molecule has 1 radical (unpaired) electrons. The van der Waals surface area contributed by atoms with Gasteiger partial charge in [-0.1, -0.05) is 42.5 Å². The molecule has 0 saturated carbocycles. The van der Waals surface area contributed by atoms with Crippen LogP contribution in [-0.4, -0.2) is 0 Å². The van der Waals surface area contributed by atoms with E-state index in [-0.39, 0.29) is 22.3 Å². The molecule has 0 N–H and O–H groups in total. The standard InChI is InChI=1S/C18H9F4/c19-15-9-3-7-13(17(15)21)11-5-1-2-6-12(11)14-8-4-10-16(20)18(14)22/h1-5,7-10H. The van der Waals surface area contributed by atoms with Crippen molar-refractivity contribution in [3.63, 3.8) is 0 Å². The molecule has 0 aliphatic carbocycles. The van der Waals surface area contributed by atoms with Crippen molar-refractivity contribution in [1.29, 1.82) is 0 Å². The minimum absolute atomic E-state index is 0.0319. The lowest BCUT2D eigenvalue weighted by Crippen LogP contribution is -1.94. The van der Waals surface area contributed by atoms with Crippen LogP contribution in [0.4, 0.5) is 17.6 Å². The highest BCUT2D eigenvalue weighted by molar-refractivity contribution is 5.83. The highest BCUT2D eigenvalue weighted by atomic mass is 19.2. The molecule has 0 heterocycles. The summed E-state index contributed by atoms with van der Waals surface area (Å²) in [5, 5.41) is 0. The fourth-order valence-corrected chi connectivity index (χ4v) is 2.29. The third-order valence-electron chi connectivity index (χ3n) is 3.32. The molecule has 0 saturated heterocycles. The van der Waals surface area contributed by atoms with Gasteiger partial charge in [-0.25, -0.2) is 17.6 Å². The van der Waals surface area contributed by atoms with Crippen LogP contribution in [-0.2, 0) is 0 Å². The van der Waals surface area contributed by atoms with Crippen LogP contribution in [0.15, 0.2) is 54.6 Å². The monoisotopic (exact) mass is 301 g/mol. The Morgan fingerprint density at radius 2 is 1.14 bits per heavy atom. The predicted octanol–water partition coefficient (Wildman–Crippen LogP) is 5.38. The summed E-state index contributed by atoms with van der Waals surface area (Å²) in [6.07, 6.45) is 0. The Morgan fingerprint density at radius 3 is 1.82 bits per heavy atom. The Labute approximate surface area is 124 Å². The molecule has 0 atom stereocenters. The van der Waals surface area contributed by atoms with E-state index in [1.807, 2.05) is 0 Å². The van der Waals surface area contributed by atoms with Crippen LogP contribution in [0.1, 0.15) is 0 Å². The maximum absolute atomic E-state index is 14.0. The summed E-state index contributed by atoms with van der Waals surface area (Å²) in [6, 6.07) is 14.8. The predicted molar refractivity (Wildman–Crippen MR) is 76.0 cm³/mol. The van der Waals surface area contributed by atoms with Crippen LogP contribution in [0.5, 0.6) is 0 Å². The second-order valence-corrected chi connectivity index (χ2v) is 4.66. The third kappa shape index (κ3) is 2.37. The largest absolute Gasteiger partial charge is 0.204 e. The maximum Gasteiger partial charge on any atom is 0.166 e. The van der Waals surface area contributed by atoms with E-state index in [1.165, 1.54) is 36.4 Å². The molecule has 0 bridgehead atoms. The maximum atomic E-state index is 14.0. The Balaban J connectivity index is 2.28. The van der Waals surface area contributed by atoms with Gasteiger partial charge in [-0.3, -0.25) is 0 Å². The first kappa shape index (κ1) is 14.3. The van der Waals surface area contributed by atoms with Crippen molar-refractivity contribution in [2.45, 2.75) is 0 Å². The summed E-state index contributed by atoms with van der Waals surface area (Å²) >= 11 is 0. The highest BCUT2D eigenvalue weighted by Crippen LogP contribution is 2.35. The lowest BCUT2D eigenvalue weighted by atomic mass is 9.94. The molecule has 0 unspecified atom stereocenters. The molecule has 0 amide bonds. The summed E-state index contributed by atoms with van der Waals surface area (Å²) < 4.78 is 54.8. The van der Waals surface area contributed by atoms with Gasteiger partial charge in [-0.15, -0.1) is 0 Å². The van der Waals surface area contributed by atoms with E-state index in [4.69, 9.17) is 0 Å². The van der Waals surface area contributed by atoms with Crippen LogP contribution < -0.4 is 0 Å². The number of hydrogen-bond donors (Lipinski definition) is 0. The molecule has 3 aromatic rings. The molecule has 0 nitrogen and oxygen atoms in total. The number of rotatable bonds is 2. The third-order valence-corrected chi connectivity index (χ3v) is 3.32. The lowest BCUT2D eigenvalue weighted by Gasteiger charge is -2.11. The van der Waals surface area contributed by atoms with Gasteiger partial charge in [0.2, 0.25) is 0 Å². The van der Waals surface area contributed by atoms with Gasteiger partial charge in [0.25, 0.3) is 0 Å². The van der Waals surface area contributed by atoms with E-state index in [9.17, 15) is 17.6 Å². The van der Waals surface area contributed by atoms with Crippen molar-refractivity contribution < 1.29 is 17.6 Å².